The van der Waals surface area contributed by atoms with Crippen LogP contribution in [0.4, 0.5) is 22.8 Å². The lowest BCUT2D eigenvalue weighted by Gasteiger charge is -2.62. The van der Waals surface area contributed by atoms with Crippen molar-refractivity contribution in [2.24, 2.45) is 39.9 Å². The molecule has 1 aromatic carbocycles. The number of rotatable bonds is 7. The highest BCUT2D eigenvalue weighted by Crippen LogP contribution is 2.68. The van der Waals surface area contributed by atoms with Gasteiger partial charge in [-0.1, -0.05) is 64.1 Å². The maximum atomic E-state index is 13.7. The summed E-state index contributed by atoms with van der Waals surface area (Å²) >= 11 is 0. The van der Waals surface area contributed by atoms with Gasteiger partial charge in [0.2, 0.25) is 5.91 Å². The van der Waals surface area contributed by atoms with Gasteiger partial charge >= 0.3 is 24.3 Å². The Labute approximate surface area is 296 Å². The summed E-state index contributed by atoms with van der Waals surface area (Å²) < 4.78 is 57.4. The summed E-state index contributed by atoms with van der Waals surface area (Å²) in [5, 5.41) is 2.33. The molecular formula is C38H49F3N2O8. The second-order valence-corrected chi connectivity index (χ2v) is 15.6. The lowest BCUT2D eigenvalue weighted by molar-refractivity contribution is -0.229. The zero-order valence-electron chi connectivity index (χ0n) is 29.8. The summed E-state index contributed by atoms with van der Waals surface area (Å²) in [7, 11) is 0. The van der Waals surface area contributed by atoms with Gasteiger partial charge in [0.25, 0.3) is 0 Å². The monoisotopic (exact) mass is 718 g/mol. The fourth-order valence-electron chi connectivity index (χ4n) is 9.61. The topological polar surface area (TPSA) is 128 Å². The molecule has 0 spiro atoms. The van der Waals surface area contributed by atoms with Gasteiger partial charge in [0.05, 0.1) is 0 Å². The van der Waals surface area contributed by atoms with E-state index in [0.29, 0.717) is 45.2 Å². The number of esters is 1. The molecule has 0 radical (unpaired) electrons. The number of carbonyl (C=O) groups is 5. The molecule has 1 aliphatic heterocycles. The van der Waals surface area contributed by atoms with E-state index in [1.54, 1.807) is 18.7 Å². The van der Waals surface area contributed by atoms with Gasteiger partial charge in [0.15, 0.2) is 0 Å². The van der Waals surface area contributed by atoms with Crippen molar-refractivity contribution in [3.8, 4) is 0 Å². The highest BCUT2D eigenvalue weighted by Gasteiger charge is 2.69. The SMILES string of the molecule is C=C[C@@]1(C)CC(OC(=O)NC(=O)CC2CCN(C(=O)OCc3ccccc3)CC2)C2(C)C(C)CCC3(CCC(=O)C32)C(C)[C@H]1OC(=O)C(F)(F)F. The second-order valence-electron chi connectivity index (χ2n) is 15.6. The van der Waals surface area contributed by atoms with Crippen LogP contribution < -0.4 is 5.32 Å². The molecule has 4 fully saturated rings. The van der Waals surface area contributed by atoms with Gasteiger partial charge in [-0.15, -0.1) is 6.58 Å². The fourth-order valence-corrected chi connectivity index (χ4v) is 9.61. The number of Topliss-reactive ketones (excluding diaryl/α,β-unsaturated/α-hetero) is 1. The highest BCUT2D eigenvalue weighted by atomic mass is 19.4. The van der Waals surface area contributed by atoms with Gasteiger partial charge in [-0.3, -0.25) is 14.9 Å². The predicted octanol–water partition coefficient (Wildman–Crippen LogP) is 7.15. The van der Waals surface area contributed by atoms with E-state index in [1.807, 2.05) is 44.2 Å². The van der Waals surface area contributed by atoms with Crippen LogP contribution in [0.3, 0.4) is 0 Å². The first kappa shape index (κ1) is 38.3. The summed E-state index contributed by atoms with van der Waals surface area (Å²) in [6.07, 6.45) is -4.82. The molecule has 3 amide bonds. The van der Waals surface area contributed by atoms with E-state index in [-0.39, 0.29) is 43.5 Å². The van der Waals surface area contributed by atoms with E-state index in [1.165, 1.54) is 6.08 Å². The first-order valence-electron chi connectivity index (χ1n) is 17.8. The number of alkyl halides is 3. The zero-order chi connectivity index (χ0) is 37.4. The van der Waals surface area contributed by atoms with Gasteiger partial charge < -0.3 is 19.1 Å². The molecule has 1 saturated heterocycles. The molecule has 0 aromatic heterocycles. The summed E-state index contributed by atoms with van der Waals surface area (Å²) in [4.78, 5) is 66.7. The van der Waals surface area contributed by atoms with E-state index in [0.717, 1.165) is 5.56 Å². The van der Waals surface area contributed by atoms with Crippen molar-refractivity contribution in [2.75, 3.05) is 13.1 Å². The van der Waals surface area contributed by atoms with Crippen LogP contribution in [0, 0.1) is 39.9 Å². The van der Waals surface area contributed by atoms with Gasteiger partial charge in [-0.2, -0.15) is 13.2 Å². The van der Waals surface area contributed by atoms with Crippen molar-refractivity contribution >= 4 is 29.8 Å². The maximum absolute atomic E-state index is 13.7. The number of alkyl carbamates (subject to hydrolysis) is 1. The number of nitrogens with zero attached hydrogens (tertiary/aromatic N) is 1. The maximum Gasteiger partial charge on any atom is 0.490 e. The van der Waals surface area contributed by atoms with E-state index in [2.05, 4.69) is 11.9 Å². The van der Waals surface area contributed by atoms with Crippen LogP contribution >= 0.6 is 0 Å². The average Bonchev–Trinajstić information content (AvgIpc) is 3.44. The van der Waals surface area contributed by atoms with Gasteiger partial charge in [-0.05, 0) is 61.3 Å². The Morgan fingerprint density at radius 2 is 1.69 bits per heavy atom. The first-order chi connectivity index (χ1) is 23.9. The van der Waals surface area contributed by atoms with Crippen molar-refractivity contribution in [1.29, 1.82) is 0 Å². The van der Waals surface area contributed by atoms with Crippen LogP contribution in [0.1, 0.15) is 84.6 Å². The van der Waals surface area contributed by atoms with Crippen LogP contribution in [-0.4, -0.2) is 66.2 Å². The number of piperidine rings is 1. The van der Waals surface area contributed by atoms with Crippen LogP contribution in [-0.2, 0) is 35.2 Å². The van der Waals surface area contributed by atoms with E-state index in [9.17, 15) is 37.1 Å². The van der Waals surface area contributed by atoms with Gasteiger partial charge in [-0.25, -0.2) is 14.4 Å². The summed E-state index contributed by atoms with van der Waals surface area (Å²) in [5.74, 6) is -4.47. The number of amides is 3. The molecule has 280 valence electrons. The molecule has 5 rings (SSSR count). The number of halogens is 3. The number of carbonyl (C=O) groups excluding carboxylic acids is 5. The third-order valence-electron chi connectivity index (χ3n) is 12.8. The minimum atomic E-state index is -5.24. The summed E-state index contributed by atoms with van der Waals surface area (Å²) in [5.41, 5.74) is -2.13. The summed E-state index contributed by atoms with van der Waals surface area (Å²) in [6, 6.07) is 9.33. The average molecular weight is 719 g/mol. The molecule has 3 aliphatic carbocycles. The molecule has 4 aliphatic rings. The highest BCUT2D eigenvalue weighted by molar-refractivity contribution is 5.92. The van der Waals surface area contributed by atoms with Crippen molar-refractivity contribution in [2.45, 2.75) is 104 Å². The van der Waals surface area contributed by atoms with Crippen LogP contribution in [0.2, 0.25) is 0 Å². The third kappa shape index (κ3) is 7.53. The van der Waals surface area contributed by atoms with Crippen molar-refractivity contribution < 1.29 is 51.4 Å². The Morgan fingerprint density at radius 1 is 1.02 bits per heavy atom. The van der Waals surface area contributed by atoms with Gasteiger partial charge in [0.1, 0.15) is 24.6 Å². The number of benzene rings is 1. The summed E-state index contributed by atoms with van der Waals surface area (Å²) in [6.45, 7) is 12.1. The number of hydrogen-bond acceptors (Lipinski definition) is 8. The van der Waals surface area contributed by atoms with E-state index < -0.39 is 70.5 Å². The largest absolute Gasteiger partial charge is 0.490 e. The smallest absolute Gasteiger partial charge is 0.454 e. The third-order valence-corrected chi connectivity index (χ3v) is 12.8. The normalized spacial score (nSPS) is 34.0. The molecule has 10 nitrogen and oxygen atoms in total. The molecule has 2 bridgehead atoms. The molecule has 1 N–H and O–H groups in total. The Bertz CT molecular complexity index is 1510. The lowest BCUT2D eigenvalue weighted by atomic mass is 9.44. The molecule has 1 aromatic rings. The quantitative estimate of drug-likeness (QED) is 0.179. The van der Waals surface area contributed by atoms with Crippen LogP contribution in [0.25, 0.3) is 0 Å². The van der Waals surface area contributed by atoms with Crippen LogP contribution in [0.5, 0.6) is 0 Å². The van der Waals surface area contributed by atoms with Gasteiger partial charge in [0, 0.05) is 48.6 Å². The molecule has 51 heavy (non-hydrogen) atoms. The number of ether oxygens (including phenoxy) is 3. The van der Waals surface area contributed by atoms with E-state index in [4.69, 9.17) is 14.2 Å². The minimum absolute atomic E-state index is 0.0158. The molecule has 1 heterocycles. The fraction of sp³-hybridized carbons (Fsp3) is 0.658. The molecule has 8 atom stereocenters. The number of imide groups is 1. The van der Waals surface area contributed by atoms with Crippen molar-refractivity contribution in [3.63, 3.8) is 0 Å². The number of nitrogens with one attached hydrogen (secondary N) is 1. The Hall–Kier alpha value is -3.90. The number of hydrogen-bond donors (Lipinski definition) is 1. The predicted molar refractivity (Wildman–Crippen MR) is 179 cm³/mol. The Balaban J connectivity index is 1.28. The molecular weight excluding hydrogens is 669 g/mol. The zero-order valence-corrected chi connectivity index (χ0v) is 29.8. The molecule has 13 heteroatoms. The Kier molecular flexibility index (Phi) is 11.0. The molecule has 6 unspecified atom stereocenters. The number of ketones is 1. The standard InChI is InChI=1S/C38H49F3N2O8/c1-6-35(4)21-28(36(5)23(2)12-16-37(17-13-27(44)30(36)37)24(3)31(35)51-32(46)38(39,40)41)50-33(47)42-29(45)20-25-14-18-43(19-15-25)34(48)49-22-26-10-8-7-9-11-26/h6-11,23-25,28,30-31H,1,12-22H2,2-5H3,(H,42,45,47)/t23?,24?,28?,30?,31-,35+,36?,37?/m1/s1. The van der Waals surface area contributed by atoms with Crippen molar-refractivity contribution in [1.82, 2.24) is 10.2 Å². The lowest BCUT2D eigenvalue weighted by Crippen LogP contribution is -2.64. The minimum Gasteiger partial charge on any atom is -0.454 e. The van der Waals surface area contributed by atoms with E-state index >= 15 is 0 Å². The first-order valence-corrected chi connectivity index (χ1v) is 17.8. The second kappa shape index (κ2) is 14.6. The number of likely N-dealkylation sites (tertiary alicyclic amines) is 1. The molecule has 3 saturated carbocycles. The van der Waals surface area contributed by atoms with Crippen LogP contribution in [0.15, 0.2) is 43.0 Å². The van der Waals surface area contributed by atoms with Crippen molar-refractivity contribution in [3.05, 3.63) is 48.6 Å². The Morgan fingerprint density at radius 3 is 2.31 bits per heavy atom.